The first-order chi connectivity index (χ1) is 22.7. The normalized spacial score (nSPS) is 10.6. The van der Waals surface area contributed by atoms with Crippen LogP contribution in [0.25, 0.3) is 66.8 Å². The first kappa shape index (κ1) is 28.3. The summed E-state index contributed by atoms with van der Waals surface area (Å²) in [7, 11) is 0. The molecule has 0 saturated heterocycles. The lowest BCUT2D eigenvalue weighted by atomic mass is 9.93. The molecule has 0 aliphatic rings. The van der Waals surface area contributed by atoms with Crippen LogP contribution in [0, 0.1) is 22.7 Å². The zero-order valence-corrected chi connectivity index (χ0v) is 25.1. The van der Waals surface area contributed by atoms with E-state index >= 15 is 0 Å². The summed E-state index contributed by atoms with van der Waals surface area (Å²) in [5.41, 5.74) is 14.6. The van der Waals surface area contributed by atoms with Gasteiger partial charge in [-0.05, 0) is 115 Å². The molecule has 2 nitrogen and oxygen atoms in total. The lowest BCUT2D eigenvalue weighted by molar-refractivity contribution is 1.48. The third kappa shape index (κ3) is 5.97. The average Bonchev–Trinajstić information content (AvgIpc) is 3.15. The monoisotopic (exact) mass is 584 g/mol. The zero-order chi connectivity index (χ0) is 31.3. The molecule has 214 valence electrons. The fraction of sp³-hybridized carbons (Fsp3) is 0. The Bertz CT molecular complexity index is 2250. The minimum Gasteiger partial charge on any atom is -0.192 e. The lowest BCUT2D eigenvalue weighted by Gasteiger charge is -2.11. The highest BCUT2D eigenvalue weighted by molar-refractivity contribution is 5.81. The van der Waals surface area contributed by atoms with Crippen LogP contribution in [0.2, 0.25) is 0 Å². The molecule has 0 atom stereocenters. The van der Waals surface area contributed by atoms with Crippen LogP contribution in [0.15, 0.2) is 170 Å². The molecule has 0 radical (unpaired) electrons. The predicted octanol–water partition coefficient (Wildman–Crippen LogP) is 11.4. The van der Waals surface area contributed by atoms with E-state index in [1.54, 1.807) is 0 Å². The van der Waals surface area contributed by atoms with Crippen LogP contribution in [-0.2, 0) is 0 Å². The molecule has 0 spiro atoms. The van der Waals surface area contributed by atoms with Gasteiger partial charge in [0.2, 0.25) is 0 Å². The van der Waals surface area contributed by atoms with Gasteiger partial charge in [0, 0.05) is 0 Å². The summed E-state index contributed by atoms with van der Waals surface area (Å²) in [6.07, 6.45) is 0. The van der Waals surface area contributed by atoms with E-state index < -0.39 is 0 Å². The van der Waals surface area contributed by atoms with E-state index in [1.807, 2.05) is 54.6 Å². The van der Waals surface area contributed by atoms with Gasteiger partial charge < -0.3 is 0 Å². The fourth-order valence-corrected chi connectivity index (χ4v) is 5.88. The number of benzene rings is 7. The second-order valence-corrected chi connectivity index (χ2v) is 11.3. The quantitative estimate of drug-likeness (QED) is 0.195. The third-order valence-electron chi connectivity index (χ3n) is 8.32. The number of hydrogen-bond donors (Lipinski definition) is 0. The van der Waals surface area contributed by atoms with Gasteiger partial charge in [-0.1, -0.05) is 121 Å². The van der Waals surface area contributed by atoms with E-state index in [0.29, 0.717) is 11.1 Å². The molecule has 0 aromatic heterocycles. The van der Waals surface area contributed by atoms with Gasteiger partial charge in [0.1, 0.15) is 0 Å². The van der Waals surface area contributed by atoms with E-state index in [4.69, 9.17) is 5.26 Å². The van der Waals surface area contributed by atoms with Gasteiger partial charge in [-0.3, -0.25) is 0 Å². The standard InChI is InChI=1S/C44H28N2/c45-29-31-15-17-34(18-16-31)37-9-4-12-40(25-37)41-13-5-10-38(26-41)35-19-21-36(22-20-35)39-11-6-14-42(27-39)44-24-32(30-46)23-43(28-44)33-7-2-1-3-8-33/h1-28H. The van der Waals surface area contributed by atoms with Gasteiger partial charge >= 0.3 is 0 Å². The van der Waals surface area contributed by atoms with Crippen molar-refractivity contribution in [1.82, 2.24) is 0 Å². The van der Waals surface area contributed by atoms with Gasteiger partial charge in [0.15, 0.2) is 0 Å². The molecule has 0 N–H and O–H groups in total. The van der Waals surface area contributed by atoms with Crippen LogP contribution in [0.1, 0.15) is 11.1 Å². The maximum absolute atomic E-state index is 9.73. The van der Waals surface area contributed by atoms with Crippen LogP contribution in [0.5, 0.6) is 0 Å². The summed E-state index contributed by atoms with van der Waals surface area (Å²) in [4.78, 5) is 0. The Morgan fingerprint density at radius 3 is 0.978 bits per heavy atom. The van der Waals surface area contributed by atoms with Crippen molar-refractivity contribution < 1.29 is 0 Å². The Morgan fingerprint density at radius 2 is 0.543 bits per heavy atom. The third-order valence-corrected chi connectivity index (χ3v) is 8.32. The fourth-order valence-electron chi connectivity index (χ4n) is 5.88. The topological polar surface area (TPSA) is 47.6 Å². The van der Waals surface area contributed by atoms with Gasteiger partial charge in [0.05, 0.1) is 23.3 Å². The summed E-state index contributed by atoms with van der Waals surface area (Å²) < 4.78 is 0. The van der Waals surface area contributed by atoms with E-state index in [9.17, 15) is 5.26 Å². The van der Waals surface area contributed by atoms with Crippen molar-refractivity contribution in [3.8, 4) is 78.9 Å². The van der Waals surface area contributed by atoms with Crippen molar-refractivity contribution in [2.75, 3.05) is 0 Å². The van der Waals surface area contributed by atoms with Crippen LogP contribution < -0.4 is 0 Å². The number of hydrogen-bond acceptors (Lipinski definition) is 2. The molecule has 7 aromatic carbocycles. The molecule has 0 aliphatic carbocycles. The molecule has 46 heavy (non-hydrogen) atoms. The summed E-state index contributed by atoms with van der Waals surface area (Å²) in [5, 5.41) is 18.9. The Morgan fingerprint density at radius 1 is 0.239 bits per heavy atom. The molecule has 7 aromatic rings. The summed E-state index contributed by atoms with van der Waals surface area (Å²) in [6, 6.07) is 62.9. The first-order valence-corrected chi connectivity index (χ1v) is 15.2. The molecule has 0 aliphatic heterocycles. The van der Waals surface area contributed by atoms with E-state index in [-0.39, 0.29) is 0 Å². The number of nitrogens with zero attached hydrogens (tertiary/aromatic N) is 2. The average molecular weight is 585 g/mol. The van der Waals surface area contributed by atoms with Crippen molar-refractivity contribution in [1.29, 1.82) is 10.5 Å². The van der Waals surface area contributed by atoms with Crippen LogP contribution in [0.4, 0.5) is 0 Å². The molecular weight excluding hydrogens is 556 g/mol. The Kier molecular flexibility index (Phi) is 7.77. The molecule has 0 saturated carbocycles. The Labute approximate surface area is 269 Å². The van der Waals surface area contributed by atoms with Crippen molar-refractivity contribution in [2.24, 2.45) is 0 Å². The number of nitriles is 2. The minimum atomic E-state index is 0.648. The van der Waals surface area contributed by atoms with Crippen molar-refractivity contribution >= 4 is 0 Å². The van der Waals surface area contributed by atoms with Crippen molar-refractivity contribution in [3.63, 3.8) is 0 Å². The van der Waals surface area contributed by atoms with Gasteiger partial charge in [0.25, 0.3) is 0 Å². The van der Waals surface area contributed by atoms with Crippen LogP contribution in [-0.4, -0.2) is 0 Å². The first-order valence-electron chi connectivity index (χ1n) is 15.2. The van der Waals surface area contributed by atoms with Crippen LogP contribution >= 0.6 is 0 Å². The molecule has 0 fully saturated rings. The van der Waals surface area contributed by atoms with E-state index in [2.05, 4.69) is 127 Å². The summed E-state index contributed by atoms with van der Waals surface area (Å²) in [6.45, 7) is 0. The minimum absolute atomic E-state index is 0.648. The largest absolute Gasteiger partial charge is 0.192 e. The van der Waals surface area contributed by atoms with Gasteiger partial charge in [-0.15, -0.1) is 0 Å². The number of rotatable bonds is 6. The van der Waals surface area contributed by atoms with Crippen molar-refractivity contribution in [2.45, 2.75) is 0 Å². The van der Waals surface area contributed by atoms with E-state index in [1.165, 1.54) is 0 Å². The molecule has 0 bridgehead atoms. The highest BCUT2D eigenvalue weighted by atomic mass is 14.2. The molecule has 2 heteroatoms. The van der Waals surface area contributed by atoms with Crippen LogP contribution in [0.3, 0.4) is 0 Å². The summed E-state index contributed by atoms with van der Waals surface area (Å²) >= 11 is 0. The molecule has 0 amide bonds. The van der Waals surface area contributed by atoms with Gasteiger partial charge in [-0.2, -0.15) is 10.5 Å². The maximum Gasteiger partial charge on any atom is 0.0992 e. The Hall–Kier alpha value is -6.48. The van der Waals surface area contributed by atoms with E-state index in [0.717, 1.165) is 66.8 Å². The second-order valence-electron chi connectivity index (χ2n) is 11.3. The Balaban J connectivity index is 1.15. The lowest BCUT2D eigenvalue weighted by Crippen LogP contribution is -1.87. The smallest absolute Gasteiger partial charge is 0.0992 e. The zero-order valence-electron chi connectivity index (χ0n) is 25.1. The predicted molar refractivity (Wildman–Crippen MR) is 188 cm³/mol. The molecular formula is C44H28N2. The maximum atomic E-state index is 9.73. The molecule has 7 rings (SSSR count). The highest BCUT2D eigenvalue weighted by Gasteiger charge is 2.09. The molecule has 0 heterocycles. The SMILES string of the molecule is N#Cc1ccc(-c2cccc(-c3cccc(-c4ccc(-c5cccc(-c6cc(C#N)cc(-c7ccccc7)c6)c5)cc4)c3)c2)cc1. The highest BCUT2D eigenvalue weighted by Crippen LogP contribution is 2.33. The van der Waals surface area contributed by atoms with Crippen molar-refractivity contribution in [3.05, 3.63) is 181 Å². The second kappa shape index (κ2) is 12.6. The molecule has 0 unspecified atom stereocenters. The summed E-state index contributed by atoms with van der Waals surface area (Å²) in [5.74, 6) is 0. The van der Waals surface area contributed by atoms with Gasteiger partial charge in [-0.25, -0.2) is 0 Å².